The molecule has 17 heavy (non-hydrogen) atoms. The molecule has 0 aliphatic carbocycles. The van der Waals surface area contributed by atoms with E-state index in [2.05, 4.69) is 48.3 Å². The topological polar surface area (TPSA) is 54.7 Å². The van der Waals surface area contributed by atoms with Gasteiger partial charge in [-0.3, -0.25) is 5.10 Å². The molecule has 3 N–H and O–H groups in total. The van der Waals surface area contributed by atoms with E-state index in [0.717, 1.165) is 17.7 Å². The summed E-state index contributed by atoms with van der Waals surface area (Å²) >= 11 is 0. The summed E-state index contributed by atoms with van der Waals surface area (Å²) in [6.07, 6.45) is 2.70. The van der Waals surface area contributed by atoms with Crippen LogP contribution in [-0.4, -0.2) is 16.7 Å². The van der Waals surface area contributed by atoms with Gasteiger partial charge in [-0.25, -0.2) is 0 Å². The van der Waals surface area contributed by atoms with Crippen molar-refractivity contribution in [2.45, 2.75) is 26.2 Å². The van der Waals surface area contributed by atoms with E-state index in [9.17, 15) is 0 Å². The van der Waals surface area contributed by atoms with Crippen LogP contribution in [0.15, 0.2) is 30.5 Å². The van der Waals surface area contributed by atoms with Crippen LogP contribution in [0, 0.1) is 0 Å². The molecule has 0 amide bonds. The Hall–Kier alpha value is -1.61. The van der Waals surface area contributed by atoms with E-state index >= 15 is 0 Å². The molecule has 3 nitrogen and oxygen atoms in total. The number of aromatic nitrogens is 2. The second kappa shape index (κ2) is 5.15. The van der Waals surface area contributed by atoms with Gasteiger partial charge in [0.1, 0.15) is 0 Å². The fourth-order valence-corrected chi connectivity index (χ4v) is 1.94. The quantitative estimate of drug-likeness (QED) is 0.847. The third kappa shape index (κ3) is 2.56. The van der Waals surface area contributed by atoms with E-state index < -0.39 is 0 Å². The maximum absolute atomic E-state index is 5.58. The second-order valence-corrected chi connectivity index (χ2v) is 4.58. The summed E-state index contributed by atoms with van der Waals surface area (Å²) in [5, 5.41) is 7.11. The van der Waals surface area contributed by atoms with Crippen molar-refractivity contribution in [3.05, 3.63) is 41.7 Å². The summed E-state index contributed by atoms with van der Waals surface area (Å²) in [5.41, 5.74) is 10.4. The maximum atomic E-state index is 5.58. The highest BCUT2D eigenvalue weighted by Crippen LogP contribution is 2.24. The van der Waals surface area contributed by atoms with Crippen LogP contribution in [0.2, 0.25) is 0 Å². The molecular formula is C14H19N3. The number of nitrogens with one attached hydrogen (secondary N) is 1. The van der Waals surface area contributed by atoms with Crippen molar-refractivity contribution < 1.29 is 0 Å². The SMILES string of the molecule is CC(C)c1ccc(-c2cn[nH]c2CCN)cc1. The summed E-state index contributed by atoms with van der Waals surface area (Å²) in [5.74, 6) is 0.567. The summed E-state index contributed by atoms with van der Waals surface area (Å²) in [7, 11) is 0. The van der Waals surface area contributed by atoms with Crippen molar-refractivity contribution in [1.82, 2.24) is 10.2 Å². The van der Waals surface area contributed by atoms with Crippen LogP contribution in [0.4, 0.5) is 0 Å². The van der Waals surface area contributed by atoms with Gasteiger partial charge in [0.25, 0.3) is 0 Å². The number of rotatable bonds is 4. The van der Waals surface area contributed by atoms with E-state index in [-0.39, 0.29) is 0 Å². The number of nitrogens with two attached hydrogens (primary N) is 1. The molecule has 0 aliphatic heterocycles. The lowest BCUT2D eigenvalue weighted by atomic mass is 9.98. The smallest absolute Gasteiger partial charge is 0.0568 e. The summed E-state index contributed by atoms with van der Waals surface area (Å²) in [4.78, 5) is 0. The molecule has 2 rings (SSSR count). The lowest BCUT2D eigenvalue weighted by Gasteiger charge is -2.07. The average Bonchev–Trinajstić information content (AvgIpc) is 2.78. The molecule has 0 bridgehead atoms. The average molecular weight is 229 g/mol. The lowest BCUT2D eigenvalue weighted by molar-refractivity contribution is 0.867. The number of benzene rings is 1. The predicted octanol–water partition coefficient (Wildman–Crippen LogP) is 2.70. The molecule has 0 spiro atoms. The van der Waals surface area contributed by atoms with Gasteiger partial charge in [0.15, 0.2) is 0 Å². The Labute approximate surface area is 102 Å². The van der Waals surface area contributed by atoms with Gasteiger partial charge in [0, 0.05) is 17.7 Å². The molecule has 1 aromatic heterocycles. The molecule has 1 heterocycles. The highest BCUT2D eigenvalue weighted by molar-refractivity contribution is 5.65. The van der Waals surface area contributed by atoms with Crippen LogP contribution in [0.5, 0.6) is 0 Å². The lowest BCUT2D eigenvalue weighted by Crippen LogP contribution is -2.04. The third-order valence-electron chi connectivity index (χ3n) is 3.00. The van der Waals surface area contributed by atoms with E-state index in [1.165, 1.54) is 11.1 Å². The van der Waals surface area contributed by atoms with Crippen molar-refractivity contribution in [2.24, 2.45) is 5.73 Å². The van der Waals surface area contributed by atoms with Gasteiger partial charge in [-0.1, -0.05) is 38.1 Å². The molecule has 0 atom stereocenters. The molecule has 3 heteroatoms. The van der Waals surface area contributed by atoms with E-state index in [1.807, 2.05) is 6.20 Å². The fourth-order valence-electron chi connectivity index (χ4n) is 1.94. The zero-order valence-electron chi connectivity index (χ0n) is 10.4. The Morgan fingerprint density at radius 3 is 2.53 bits per heavy atom. The predicted molar refractivity (Wildman–Crippen MR) is 70.9 cm³/mol. The van der Waals surface area contributed by atoms with E-state index in [1.54, 1.807) is 0 Å². The summed E-state index contributed by atoms with van der Waals surface area (Å²) in [6.45, 7) is 5.04. The van der Waals surface area contributed by atoms with Gasteiger partial charge >= 0.3 is 0 Å². The molecule has 2 aromatic rings. The van der Waals surface area contributed by atoms with Crippen LogP contribution >= 0.6 is 0 Å². The van der Waals surface area contributed by atoms with Gasteiger partial charge in [-0.05, 0) is 23.6 Å². The van der Waals surface area contributed by atoms with Crippen LogP contribution in [0.1, 0.15) is 31.0 Å². The first-order valence-corrected chi connectivity index (χ1v) is 6.05. The minimum atomic E-state index is 0.567. The number of aromatic amines is 1. The number of hydrogen-bond donors (Lipinski definition) is 2. The molecule has 0 aliphatic rings. The third-order valence-corrected chi connectivity index (χ3v) is 3.00. The minimum absolute atomic E-state index is 0.567. The van der Waals surface area contributed by atoms with Gasteiger partial charge in [-0.2, -0.15) is 5.10 Å². The molecule has 0 radical (unpaired) electrons. The molecule has 0 unspecified atom stereocenters. The monoisotopic (exact) mass is 229 g/mol. The summed E-state index contributed by atoms with van der Waals surface area (Å²) in [6, 6.07) is 8.67. The molecule has 1 aromatic carbocycles. The van der Waals surface area contributed by atoms with Crippen molar-refractivity contribution in [3.8, 4) is 11.1 Å². The van der Waals surface area contributed by atoms with Crippen molar-refractivity contribution >= 4 is 0 Å². The van der Waals surface area contributed by atoms with Crippen LogP contribution in [-0.2, 0) is 6.42 Å². The maximum Gasteiger partial charge on any atom is 0.0568 e. The Morgan fingerprint density at radius 2 is 1.94 bits per heavy atom. The Balaban J connectivity index is 2.30. The van der Waals surface area contributed by atoms with Gasteiger partial charge in [-0.15, -0.1) is 0 Å². The molecular weight excluding hydrogens is 210 g/mol. The first kappa shape index (κ1) is 11.9. The number of H-pyrrole nitrogens is 1. The van der Waals surface area contributed by atoms with Gasteiger partial charge in [0.05, 0.1) is 6.20 Å². The van der Waals surface area contributed by atoms with Crippen LogP contribution in [0.3, 0.4) is 0 Å². The second-order valence-electron chi connectivity index (χ2n) is 4.58. The zero-order chi connectivity index (χ0) is 12.3. The minimum Gasteiger partial charge on any atom is -0.330 e. The molecule has 90 valence electrons. The highest BCUT2D eigenvalue weighted by atomic mass is 15.1. The Morgan fingerprint density at radius 1 is 1.24 bits per heavy atom. The fraction of sp³-hybridized carbons (Fsp3) is 0.357. The standard InChI is InChI=1S/C14H19N3/c1-10(2)11-3-5-12(6-4-11)13-9-16-17-14(13)7-8-15/h3-6,9-10H,7-8,15H2,1-2H3,(H,16,17). The highest BCUT2D eigenvalue weighted by Gasteiger charge is 2.07. The van der Waals surface area contributed by atoms with Crippen molar-refractivity contribution in [3.63, 3.8) is 0 Å². The molecule has 0 fully saturated rings. The molecule has 0 saturated carbocycles. The molecule has 0 saturated heterocycles. The summed E-state index contributed by atoms with van der Waals surface area (Å²) < 4.78 is 0. The van der Waals surface area contributed by atoms with Crippen LogP contribution < -0.4 is 5.73 Å². The Kier molecular flexibility index (Phi) is 3.59. The zero-order valence-corrected chi connectivity index (χ0v) is 10.4. The largest absolute Gasteiger partial charge is 0.330 e. The van der Waals surface area contributed by atoms with E-state index in [0.29, 0.717) is 12.5 Å². The number of hydrogen-bond acceptors (Lipinski definition) is 2. The number of nitrogens with zero attached hydrogens (tertiary/aromatic N) is 1. The first-order chi connectivity index (χ1) is 8.22. The van der Waals surface area contributed by atoms with Crippen molar-refractivity contribution in [1.29, 1.82) is 0 Å². The normalized spacial score (nSPS) is 11.1. The van der Waals surface area contributed by atoms with Gasteiger partial charge in [0.2, 0.25) is 0 Å². The first-order valence-electron chi connectivity index (χ1n) is 6.05. The van der Waals surface area contributed by atoms with Crippen LogP contribution in [0.25, 0.3) is 11.1 Å². The van der Waals surface area contributed by atoms with E-state index in [4.69, 9.17) is 5.73 Å². The Bertz CT molecular complexity index is 468. The van der Waals surface area contributed by atoms with Gasteiger partial charge < -0.3 is 5.73 Å². The van der Waals surface area contributed by atoms with Crippen molar-refractivity contribution in [2.75, 3.05) is 6.54 Å².